The van der Waals surface area contributed by atoms with Gasteiger partial charge in [-0.05, 0) is 30.7 Å². The lowest BCUT2D eigenvalue weighted by Gasteiger charge is -2.26. The molecule has 0 unspecified atom stereocenters. The molecule has 0 aliphatic carbocycles. The van der Waals surface area contributed by atoms with E-state index in [-0.39, 0.29) is 23.7 Å². The van der Waals surface area contributed by atoms with Gasteiger partial charge in [-0.1, -0.05) is 0 Å². The summed E-state index contributed by atoms with van der Waals surface area (Å²) in [7, 11) is 1.65. The van der Waals surface area contributed by atoms with Crippen molar-refractivity contribution < 1.29 is 18.0 Å². The molecule has 1 aromatic carbocycles. The molecule has 3 aromatic heterocycles. The van der Waals surface area contributed by atoms with Gasteiger partial charge in [-0.3, -0.25) is 9.48 Å². The molecule has 0 atom stereocenters. The molecular formula is C20H15F3N6O. The summed E-state index contributed by atoms with van der Waals surface area (Å²) < 4.78 is 43.8. The second kappa shape index (κ2) is 6.68. The minimum atomic E-state index is -1.51. The third-order valence-electron chi connectivity index (χ3n) is 5.22. The first-order valence-corrected chi connectivity index (χ1v) is 9.21. The molecule has 5 rings (SSSR count). The lowest BCUT2D eigenvalue weighted by molar-refractivity contribution is 0.0725. The summed E-state index contributed by atoms with van der Waals surface area (Å²) in [6.07, 6.45) is 3.70. The molecule has 4 aromatic rings. The SMILES string of the molecule is Cn1nc2c(c1-c1cc(F)c(F)c(F)c1)CCN(C(=O)c1ccc3nccn3n1)C2. The molecule has 30 heavy (non-hydrogen) atoms. The lowest BCUT2D eigenvalue weighted by atomic mass is 9.99. The standard InChI is InChI=1S/C20H15F3N6O/c1-27-19(11-8-13(21)18(23)14(22)9-11)12-4-6-28(10-16(12)25-27)20(30)15-2-3-17-24-5-7-29(17)26-15/h2-3,5,7-9H,4,6,10H2,1H3. The van der Waals surface area contributed by atoms with Crippen molar-refractivity contribution in [3.8, 4) is 11.3 Å². The molecule has 0 fully saturated rings. The van der Waals surface area contributed by atoms with Crippen molar-refractivity contribution in [3.05, 3.63) is 71.1 Å². The van der Waals surface area contributed by atoms with Crippen LogP contribution in [0.1, 0.15) is 21.7 Å². The molecule has 0 bridgehead atoms. The largest absolute Gasteiger partial charge is 0.331 e. The van der Waals surface area contributed by atoms with Gasteiger partial charge in [0.2, 0.25) is 0 Å². The van der Waals surface area contributed by atoms with Gasteiger partial charge in [0.1, 0.15) is 5.69 Å². The normalized spacial score (nSPS) is 13.7. The molecule has 0 saturated carbocycles. The number of aromatic nitrogens is 5. The van der Waals surface area contributed by atoms with Crippen molar-refractivity contribution in [2.75, 3.05) is 6.54 Å². The Kier molecular flexibility index (Phi) is 4.09. The monoisotopic (exact) mass is 412 g/mol. The fourth-order valence-corrected chi connectivity index (χ4v) is 3.84. The van der Waals surface area contributed by atoms with Crippen LogP contribution in [-0.4, -0.2) is 41.7 Å². The second-order valence-electron chi connectivity index (χ2n) is 7.08. The third-order valence-corrected chi connectivity index (χ3v) is 5.22. The van der Waals surface area contributed by atoms with E-state index in [9.17, 15) is 18.0 Å². The summed E-state index contributed by atoms with van der Waals surface area (Å²) in [5.74, 6) is -4.27. The molecule has 1 aliphatic rings. The van der Waals surface area contributed by atoms with E-state index < -0.39 is 17.5 Å². The Hall–Kier alpha value is -3.69. The Labute approximate surface area is 168 Å². The number of benzene rings is 1. The molecule has 0 spiro atoms. The molecule has 152 valence electrons. The quantitative estimate of drug-likeness (QED) is 0.475. The lowest BCUT2D eigenvalue weighted by Crippen LogP contribution is -2.36. The number of rotatable bonds is 2. The number of carbonyl (C=O) groups is 1. The predicted molar refractivity (Wildman–Crippen MR) is 99.9 cm³/mol. The van der Waals surface area contributed by atoms with Crippen LogP contribution in [0.4, 0.5) is 13.2 Å². The molecule has 7 nitrogen and oxygen atoms in total. The Morgan fingerprint density at radius 1 is 1.10 bits per heavy atom. The van der Waals surface area contributed by atoms with Crippen LogP contribution >= 0.6 is 0 Å². The van der Waals surface area contributed by atoms with E-state index >= 15 is 0 Å². The average Bonchev–Trinajstić information content (AvgIpc) is 3.33. The number of aryl methyl sites for hydroxylation is 1. The third kappa shape index (κ3) is 2.83. The van der Waals surface area contributed by atoms with Gasteiger partial charge in [0.15, 0.2) is 23.1 Å². The van der Waals surface area contributed by atoms with Crippen molar-refractivity contribution in [1.29, 1.82) is 0 Å². The zero-order valence-corrected chi connectivity index (χ0v) is 15.8. The first-order valence-electron chi connectivity index (χ1n) is 9.21. The van der Waals surface area contributed by atoms with Gasteiger partial charge in [0.05, 0.1) is 17.9 Å². The van der Waals surface area contributed by atoms with Crippen LogP contribution < -0.4 is 0 Å². The maximum absolute atomic E-state index is 13.7. The van der Waals surface area contributed by atoms with Crippen molar-refractivity contribution >= 4 is 11.6 Å². The Morgan fingerprint density at radius 3 is 2.63 bits per heavy atom. The van der Waals surface area contributed by atoms with Gasteiger partial charge in [-0.2, -0.15) is 10.2 Å². The Balaban J connectivity index is 1.46. The highest BCUT2D eigenvalue weighted by Gasteiger charge is 2.29. The van der Waals surface area contributed by atoms with E-state index in [1.54, 1.807) is 36.5 Å². The molecule has 0 radical (unpaired) electrons. The molecule has 1 aliphatic heterocycles. The van der Waals surface area contributed by atoms with Crippen molar-refractivity contribution in [3.63, 3.8) is 0 Å². The smallest absolute Gasteiger partial charge is 0.274 e. The molecule has 1 amide bonds. The number of hydrogen-bond donors (Lipinski definition) is 0. The summed E-state index contributed by atoms with van der Waals surface area (Å²) >= 11 is 0. The number of imidazole rings is 1. The van der Waals surface area contributed by atoms with E-state index in [0.717, 1.165) is 17.7 Å². The molecule has 0 N–H and O–H groups in total. The summed E-state index contributed by atoms with van der Waals surface area (Å²) in [5.41, 5.74) is 3.04. The number of hydrogen-bond acceptors (Lipinski definition) is 4. The maximum Gasteiger partial charge on any atom is 0.274 e. The second-order valence-corrected chi connectivity index (χ2v) is 7.08. The van der Waals surface area contributed by atoms with E-state index in [1.807, 2.05) is 0 Å². The van der Waals surface area contributed by atoms with Crippen LogP contribution in [0.2, 0.25) is 0 Å². The fraction of sp³-hybridized carbons (Fsp3) is 0.200. The zero-order valence-electron chi connectivity index (χ0n) is 15.8. The van der Waals surface area contributed by atoms with Crippen LogP contribution in [-0.2, 0) is 20.0 Å². The van der Waals surface area contributed by atoms with Gasteiger partial charge >= 0.3 is 0 Å². The van der Waals surface area contributed by atoms with Crippen LogP contribution in [0.5, 0.6) is 0 Å². The number of carbonyl (C=O) groups excluding carboxylic acids is 1. The number of nitrogens with zero attached hydrogens (tertiary/aromatic N) is 6. The van der Waals surface area contributed by atoms with Crippen molar-refractivity contribution in [2.24, 2.45) is 7.05 Å². The van der Waals surface area contributed by atoms with E-state index in [2.05, 4.69) is 15.2 Å². The molecule has 4 heterocycles. The number of amides is 1. The van der Waals surface area contributed by atoms with Gasteiger partial charge in [-0.15, -0.1) is 0 Å². The van der Waals surface area contributed by atoms with E-state index in [4.69, 9.17) is 0 Å². The predicted octanol–water partition coefficient (Wildman–Crippen LogP) is 2.75. The van der Waals surface area contributed by atoms with Crippen LogP contribution in [0.15, 0.2) is 36.7 Å². The molecular weight excluding hydrogens is 397 g/mol. The highest BCUT2D eigenvalue weighted by molar-refractivity contribution is 5.92. The highest BCUT2D eigenvalue weighted by atomic mass is 19.2. The zero-order chi connectivity index (χ0) is 21.0. The molecule has 10 heteroatoms. The number of fused-ring (bicyclic) bond motifs is 2. The Bertz CT molecular complexity index is 1290. The van der Waals surface area contributed by atoms with Gasteiger partial charge < -0.3 is 4.90 Å². The van der Waals surface area contributed by atoms with Crippen molar-refractivity contribution in [2.45, 2.75) is 13.0 Å². The first-order chi connectivity index (χ1) is 14.4. The van der Waals surface area contributed by atoms with Crippen molar-refractivity contribution in [1.82, 2.24) is 29.3 Å². The summed E-state index contributed by atoms with van der Waals surface area (Å²) in [5, 5.41) is 8.71. The summed E-state index contributed by atoms with van der Waals surface area (Å²) in [6, 6.07) is 5.25. The van der Waals surface area contributed by atoms with Crippen LogP contribution in [0, 0.1) is 17.5 Å². The maximum atomic E-state index is 13.7. The minimum absolute atomic E-state index is 0.203. The average molecular weight is 412 g/mol. The van der Waals surface area contributed by atoms with Crippen LogP contribution in [0.25, 0.3) is 16.9 Å². The fourth-order valence-electron chi connectivity index (χ4n) is 3.84. The van der Waals surface area contributed by atoms with Gasteiger partial charge in [-0.25, -0.2) is 22.7 Å². The number of halogens is 3. The first kappa shape index (κ1) is 18.3. The van der Waals surface area contributed by atoms with Gasteiger partial charge in [0.25, 0.3) is 5.91 Å². The van der Waals surface area contributed by atoms with E-state index in [0.29, 0.717) is 30.0 Å². The van der Waals surface area contributed by atoms with E-state index in [1.165, 1.54) is 9.20 Å². The molecule has 0 saturated heterocycles. The minimum Gasteiger partial charge on any atom is -0.331 e. The highest BCUT2D eigenvalue weighted by Crippen LogP contribution is 2.32. The summed E-state index contributed by atoms with van der Waals surface area (Å²) in [4.78, 5) is 18.6. The Morgan fingerprint density at radius 2 is 1.87 bits per heavy atom. The topological polar surface area (TPSA) is 68.3 Å². The van der Waals surface area contributed by atoms with Gasteiger partial charge in [0, 0.05) is 37.1 Å². The van der Waals surface area contributed by atoms with Crippen LogP contribution in [0.3, 0.4) is 0 Å². The summed E-state index contributed by atoms with van der Waals surface area (Å²) in [6.45, 7) is 0.623.